The highest BCUT2D eigenvalue weighted by Gasteiger charge is 2.32. The first kappa shape index (κ1) is 13.8. The number of aromatic nitrogens is 4. The Bertz CT molecular complexity index is 613. The van der Waals surface area contributed by atoms with Crippen LogP contribution in [0.5, 0.6) is 5.88 Å². The Hall–Kier alpha value is -2.18. The van der Waals surface area contributed by atoms with Gasteiger partial charge in [0.2, 0.25) is 17.7 Å². The van der Waals surface area contributed by atoms with Crippen molar-refractivity contribution >= 4 is 5.95 Å². The summed E-state index contributed by atoms with van der Waals surface area (Å²) in [7, 11) is 1.60. The number of methoxy groups -OCH3 is 1. The van der Waals surface area contributed by atoms with E-state index in [0.717, 1.165) is 19.4 Å². The van der Waals surface area contributed by atoms with Crippen LogP contribution in [0.1, 0.15) is 50.4 Å². The van der Waals surface area contributed by atoms with E-state index in [9.17, 15) is 0 Å². The first-order valence-electron chi connectivity index (χ1n) is 7.16. The molecule has 0 aromatic carbocycles. The highest BCUT2D eigenvalue weighted by atomic mass is 16.5. The van der Waals surface area contributed by atoms with Gasteiger partial charge in [0, 0.05) is 24.7 Å². The molecule has 0 N–H and O–H groups in total. The Morgan fingerprint density at radius 3 is 2.95 bits per heavy atom. The average molecular weight is 289 g/mol. The predicted molar refractivity (Wildman–Crippen MR) is 76.3 cm³/mol. The van der Waals surface area contributed by atoms with Crippen molar-refractivity contribution in [2.45, 2.75) is 38.6 Å². The molecule has 0 aliphatic carbocycles. The molecule has 112 valence electrons. The summed E-state index contributed by atoms with van der Waals surface area (Å²) in [5, 5.41) is 4.12. The molecular formula is C14H19N5O2. The molecule has 2 aromatic heterocycles. The van der Waals surface area contributed by atoms with Crippen molar-refractivity contribution in [3.63, 3.8) is 0 Å². The van der Waals surface area contributed by atoms with E-state index in [0.29, 0.717) is 23.5 Å². The normalized spacial score (nSPS) is 18.5. The Kier molecular flexibility index (Phi) is 3.72. The monoisotopic (exact) mass is 289 g/mol. The van der Waals surface area contributed by atoms with Gasteiger partial charge in [-0.1, -0.05) is 19.0 Å². The second-order valence-electron chi connectivity index (χ2n) is 5.40. The van der Waals surface area contributed by atoms with Gasteiger partial charge in [0.25, 0.3) is 0 Å². The van der Waals surface area contributed by atoms with E-state index in [-0.39, 0.29) is 12.0 Å². The van der Waals surface area contributed by atoms with Gasteiger partial charge in [-0.25, -0.2) is 4.98 Å². The maximum Gasteiger partial charge on any atom is 0.229 e. The van der Waals surface area contributed by atoms with E-state index in [4.69, 9.17) is 9.26 Å². The summed E-state index contributed by atoms with van der Waals surface area (Å²) >= 11 is 0. The van der Waals surface area contributed by atoms with E-state index in [1.807, 2.05) is 13.8 Å². The summed E-state index contributed by atoms with van der Waals surface area (Å²) in [6.07, 6.45) is 3.72. The van der Waals surface area contributed by atoms with E-state index in [2.05, 4.69) is 25.0 Å². The van der Waals surface area contributed by atoms with Gasteiger partial charge in [-0.15, -0.1) is 0 Å². The minimum absolute atomic E-state index is 0.0633. The van der Waals surface area contributed by atoms with Gasteiger partial charge in [0.15, 0.2) is 5.82 Å². The van der Waals surface area contributed by atoms with E-state index in [1.54, 1.807) is 19.4 Å². The number of rotatable bonds is 4. The van der Waals surface area contributed by atoms with E-state index in [1.165, 1.54) is 0 Å². The smallest absolute Gasteiger partial charge is 0.229 e. The third-order valence-corrected chi connectivity index (χ3v) is 3.59. The maximum atomic E-state index is 5.31. The molecule has 7 nitrogen and oxygen atoms in total. The maximum absolute atomic E-state index is 5.31. The van der Waals surface area contributed by atoms with Gasteiger partial charge in [-0.2, -0.15) is 9.97 Å². The van der Waals surface area contributed by atoms with Crippen LogP contribution in [0.15, 0.2) is 16.8 Å². The Morgan fingerprint density at radius 2 is 2.24 bits per heavy atom. The molecule has 3 rings (SSSR count). The van der Waals surface area contributed by atoms with Crippen molar-refractivity contribution in [1.82, 2.24) is 20.1 Å². The topological polar surface area (TPSA) is 77.2 Å². The molecular weight excluding hydrogens is 270 g/mol. The van der Waals surface area contributed by atoms with Gasteiger partial charge in [0.05, 0.1) is 13.2 Å². The molecule has 1 atom stereocenters. The van der Waals surface area contributed by atoms with Crippen LogP contribution in [-0.2, 0) is 0 Å². The predicted octanol–water partition coefficient (Wildman–Crippen LogP) is 2.33. The van der Waals surface area contributed by atoms with Crippen LogP contribution in [-0.4, -0.2) is 33.8 Å². The molecule has 2 aromatic rings. The molecule has 0 bridgehead atoms. The largest absolute Gasteiger partial charge is 0.481 e. The third-order valence-electron chi connectivity index (χ3n) is 3.59. The van der Waals surface area contributed by atoms with Crippen LogP contribution in [0.3, 0.4) is 0 Å². The van der Waals surface area contributed by atoms with Crippen molar-refractivity contribution < 1.29 is 9.26 Å². The minimum atomic E-state index is 0.0633. The molecule has 0 spiro atoms. The second kappa shape index (κ2) is 5.67. The Morgan fingerprint density at radius 1 is 1.38 bits per heavy atom. The molecule has 3 heterocycles. The van der Waals surface area contributed by atoms with E-state index < -0.39 is 0 Å². The molecule has 1 aliphatic rings. The van der Waals surface area contributed by atoms with Crippen molar-refractivity contribution in [1.29, 1.82) is 0 Å². The molecule has 0 saturated carbocycles. The fraction of sp³-hybridized carbons (Fsp3) is 0.571. The van der Waals surface area contributed by atoms with Crippen LogP contribution in [0.2, 0.25) is 0 Å². The molecule has 1 fully saturated rings. The van der Waals surface area contributed by atoms with Crippen molar-refractivity contribution in [2.75, 3.05) is 18.6 Å². The summed E-state index contributed by atoms with van der Waals surface area (Å²) in [6, 6.07) is 1.80. The molecule has 0 unspecified atom stereocenters. The first-order valence-corrected chi connectivity index (χ1v) is 7.16. The lowest BCUT2D eigenvalue weighted by Crippen LogP contribution is -2.25. The number of hydrogen-bond donors (Lipinski definition) is 0. The SMILES string of the molecule is COc1ccnc(N2CCC[C@H]2c2noc(C(C)C)n2)n1. The Labute approximate surface area is 123 Å². The summed E-state index contributed by atoms with van der Waals surface area (Å²) in [5.41, 5.74) is 0. The van der Waals surface area contributed by atoms with Gasteiger partial charge in [0.1, 0.15) is 0 Å². The molecule has 21 heavy (non-hydrogen) atoms. The van der Waals surface area contributed by atoms with Crippen LogP contribution in [0.4, 0.5) is 5.95 Å². The third kappa shape index (κ3) is 2.68. The molecule has 0 amide bonds. The van der Waals surface area contributed by atoms with Gasteiger partial charge >= 0.3 is 0 Å². The lowest BCUT2D eigenvalue weighted by atomic mass is 10.2. The van der Waals surface area contributed by atoms with Crippen molar-refractivity contribution in [3.05, 3.63) is 24.0 Å². The zero-order valence-electron chi connectivity index (χ0n) is 12.5. The fourth-order valence-electron chi connectivity index (χ4n) is 2.48. The van der Waals surface area contributed by atoms with Gasteiger partial charge in [-0.05, 0) is 12.8 Å². The molecule has 1 saturated heterocycles. The molecule has 1 aliphatic heterocycles. The van der Waals surface area contributed by atoms with Crippen LogP contribution >= 0.6 is 0 Å². The lowest BCUT2D eigenvalue weighted by molar-refractivity contribution is 0.357. The Balaban J connectivity index is 1.87. The second-order valence-corrected chi connectivity index (χ2v) is 5.40. The zero-order valence-corrected chi connectivity index (χ0v) is 12.5. The summed E-state index contributed by atoms with van der Waals surface area (Å²) in [4.78, 5) is 15.3. The number of ether oxygens (including phenoxy) is 1. The van der Waals surface area contributed by atoms with Crippen LogP contribution in [0, 0.1) is 0 Å². The highest BCUT2D eigenvalue weighted by Crippen LogP contribution is 2.33. The fourth-order valence-corrected chi connectivity index (χ4v) is 2.48. The average Bonchev–Trinajstić information content (AvgIpc) is 3.15. The van der Waals surface area contributed by atoms with Crippen molar-refractivity contribution in [3.8, 4) is 5.88 Å². The first-order chi connectivity index (χ1) is 10.2. The minimum Gasteiger partial charge on any atom is -0.481 e. The summed E-state index contributed by atoms with van der Waals surface area (Å²) in [6.45, 7) is 4.95. The molecule has 7 heteroatoms. The standard InChI is InChI=1S/C14H19N5O2/c1-9(2)13-17-12(18-21-13)10-5-4-8-19(10)14-15-7-6-11(16-14)20-3/h6-7,9-10H,4-5,8H2,1-3H3/t10-/m0/s1. The number of nitrogens with zero attached hydrogens (tertiary/aromatic N) is 5. The van der Waals surface area contributed by atoms with Crippen LogP contribution in [0.25, 0.3) is 0 Å². The van der Waals surface area contributed by atoms with Gasteiger partial charge in [-0.3, -0.25) is 0 Å². The van der Waals surface area contributed by atoms with E-state index >= 15 is 0 Å². The quantitative estimate of drug-likeness (QED) is 0.854. The summed E-state index contributed by atoms with van der Waals surface area (Å²) < 4.78 is 10.5. The van der Waals surface area contributed by atoms with Crippen molar-refractivity contribution in [2.24, 2.45) is 0 Å². The van der Waals surface area contributed by atoms with Crippen LogP contribution < -0.4 is 9.64 Å². The lowest BCUT2D eigenvalue weighted by Gasteiger charge is -2.22. The zero-order chi connectivity index (χ0) is 14.8. The highest BCUT2D eigenvalue weighted by molar-refractivity contribution is 5.36. The van der Waals surface area contributed by atoms with Gasteiger partial charge < -0.3 is 14.2 Å². The molecule has 0 radical (unpaired) electrons. The number of hydrogen-bond acceptors (Lipinski definition) is 7. The summed E-state index contributed by atoms with van der Waals surface area (Å²) in [5.74, 6) is 2.81. The number of anilines is 1.